The van der Waals surface area contributed by atoms with Crippen LogP contribution in [-0.4, -0.2) is 18.5 Å². The maximum atomic E-state index is 9.04. The molecule has 0 aromatic heterocycles. The van der Waals surface area contributed by atoms with E-state index in [0.29, 0.717) is 12.7 Å². The van der Waals surface area contributed by atoms with Crippen LogP contribution in [0.2, 0.25) is 0 Å². The van der Waals surface area contributed by atoms with Crippen molar-refractivity contribution in [3.63, 3.8) is 0 Å². The van der Waals surface area contributed by atoms with E-state index in [-0.39, 0.29) is 6.61 Å². The van der Waals surface area contributed by atoms with E-state index in [1.54, 1.807) is 0 Å². The molecular weight excluding hydrogens is 240 g/mol. The van der Waals surface area contributed by atoms with Gasteiger partial charge < -0.3 is 14.6 Å². The molecule has 0 amide bonds. The van der Waals surface area contributed by atoms with Crippen molar-refractivity contribution in [2.24, 2.45) is 0 Å². The second kappa shape index (κ2) is 7.39. The fraction of sp³-hybridized carbons (Fsp3) is 0.625. The van der Waals surface area contributed by atoms with Crippen molar-refractivity contribution in [2.75, 3.05) is 13.4 Å². The number of hydrogen-bond donors (Lipinski definition) is 1. The minimum absolute atomic E-state index is 0.273. The third-order valence-electron chi connectivity index (χ3n) is 3.73. The topological polar surface area (TPSA) is 38.7 Å². The molecule has 3 heteroatoms. The van der Waals surface area contributed by atoms with Crippen LogP contribution in [0, 0.1) is 0 Å². The van der Waals surface area contributed by atoms with E-state index in [1.165, 1.54) is 31.2 Å². The van der Waals surface area contributed by atoms with Gasteiger partial charge in [0.1, 0.15) is 0 Å². The molecule has 106 valence electrons. The van der Waals surface area contributed by atoms with E-state index >= 15 is 0 Å². The summed E-state index contributed by atoms with van der Waals surface area (Å²) >= 11 is 0. The van der Waals surface area contributed by atoms with Crippen LogP contribution in [-0.2, 0) is 0 Å². The summed E-state index contributed by atoms with van der Waals surface area (Å²) in [6, 6.07) is 6.25. The minimum atomic E-state index is 0.273. The van der Waals surface area contributed by atoms with E-state index in [1.807, 2.05) is 6.07 Å². The van der Waals surface area contributed by atoms with E-state index in [4.69, 9.17) is 14.6 Å². The van der Waals surface area contributed by atoms with Gasteiger partial charge in [0.2, 0.25) is 6.79 Å². The van der Waals surface area contributed by atoms with Gasteiger partial charge in [0.05, 0.1) is 0 Å². The summed E-state index contributed by atoms with van der Waals surface area (Å²) in [5, 5.41) is 9.04. The first-order valence-electron chi connectivity index (χ1n) is 7.35. The first kappa shape index (κ1) is 14.2. The van der Waals surface area contributed by atoms with Gasteiger partial charge in [-0.1, -0.05) is 32.3 Å². The van der Waals surface area contributed by atoms with Gasteiger partial charge in [0.15, 0.2) is 11.5 Å². The minimum Gasteiger partial charge on any atom is -0.454 e. The molecule has 1 heterocycles. The third-order valence-corrected chi connectivity index (χ3v) is 3.73. The van der Waals surface area contributed by atoms with Crippen molar-refractivity contribution in [1.29, 1.82) is 0 Å². The number of aliphatic hydroxyl groups is 1. The monoisotopic (exact) mass is 264 g/mol. The molecule has 1 atom stereocenters. The maximum Gasteiger partial charge on any atom is 0.231 e. The van der Waals surface area contributed by atoms with Crippen LogP contribution in [0.4, 0.5) is 0 Å². The number of rotatable bonds is 8. The molecule has 0 radical (unpaired) electrons. The molecule has 1 aromatic rings. The van der Waals surface area contributed by atoms with Crippen molar-refractivity contribution < 1.29 is 14.6 Å². The Kier molecular flexibility index (Phi) is 5.52. The van der Waals surface area contributed by atoms with Gasteiger partial charge in [-0.2, -0.15) is 0 Å². The quantitative estimate of drug-likeness (QED) is 0.725. The van der Waals surface area contributed by atoms with Gasteiger partial charge in [-0.05, 0) is 42.9 Å². The summed E-state index contributed by atoms with van der Waals surface area (Å²) in [7, 11) is 0. The van der Waals surface area contributed by atoms with E-state index in [0.717, 1.165) is 24.3 Å². The molecule has 0 bridgehead atoms. The van der Waals surface area contributed by atoms with Crippen LogP contribution in [0.1, 0.15) is 56.9 Å². The average molecular weight is 264 g/mol. The highest BCUT2D eigenvalue weighted by Gasteiger charge is 2.17. The summed E-state index contributed by atoms with van der Waals surface area (Å²) in [6.07, 6.45) is 6.87. The lowest BCUT2D eigenvalue weighted by Gasteiger charge is -2.17. The molecular formula is C16H24O3. The Morgan fingerprint density at radius 3 is 2.68 bits per heavy atom. The Bertz CT molecular complexity index is 390. The van der Waals surface area contributed by atoms with Crippen molar-refractivity contribution in [3.8, 4) is 11.5 Å². The van der Waals surface area contributed by atoms with E-state index in [2.05, 4.69) is 19.1 Å². The number of fused-ring (bicyclic) bond motifs is 1. The molecule has 1 N–H and O–H groups in total. The molecule has 1 aliphatic heterocycles. The number of ether oxygens (including phenoxy) is 2. The molecule has 2 rings (SSSR count). The number of unbranched alkanes of at least 4 members (excludes halogenated alkanes) is 2. The molecule has 19 heavy (non-hydrogen) atoms. The van der Waals surface area contributed by atoms with Crippen LogP contribution in [0.15, 0.2) is 18.2 Å². The number of aliphatic hydroxyl groups excluding tert-OH is 1. The lowest BCUT2D eigenvalue weighted by atomic mass is 9.89. The van der Waals surface area contributed by atoms with Crippen LogP contribution < -0.4 is 9.47 Å². The average Bonchev–Trinajstić information content (AvgIpc) is 2.90. The Morgan fingerprint density at radius 2 is 1.89 bits per heavy atom. The Balaban J connectivity index is 2.03. The summed E-state index contributed by atoms with van der Waals surface area (Å²) in [4.78, 5) is 0. The maximum absolute atomic E-state index is 9.04. The number of benzene rings is 1. The summed E-state index contributed by atoms with van der Waals surface area (Å²) in [5.41, 5.74) is 1.31. The summed E-state index contributed by atoms with van der Waals surface area (Å²) in [5.74, 6) is 2.23. The second-order valence-corrected chi connectivity index (χ2v) is 5.17. The third kappa shape index (κ3) is 3.87. The molecule has 1 aromatic carbocycles. The molecule has 0 saturated heterocycles. The molecule has 0 aliphatic carbocycles. The predicted molar refractivity (Wildman–Crippen MR) is 75.8 cm³/mol. The fourth-order valence-electron chi connectivity index (χ4n) is 2.62. The van der Waals surface area contributed by atoms with Gasteiger partial charge in [-0.15, -0.1) is 0 Å². The Hall–Kier alpha value is -1.22. The van der Waals surface area contributed by atoms with Gasteiger partial charge in [-0.3, -0.25) is 0 Å². The number of hydrogen-bond acceptors (Lipinski definition) is 3. The lowest BCUT2D eigenvalue weighted by Crippen LogP contribution is -2.01. The highest BCUT2D eigenvalue weighted by Crippen LogP contribution is 2.37. The Labute approximate surface area is 115 Å². The van der Waals surface area contributed by atoms with Gasteiger partial charge in [-0.25, -0.2) is 0 Å². The highest BCUT2D eigenvalue weighted by molar-refractivity contribution is 5.45. The smallest absolute Gasteiger partial charge is 0.231 e. The Morgan fingerprint density at radius 1 is 1.11 bits per heavy atom. The standard InChI is InChI=1S/C16H24O3/c1-2-3-4-6-13(7-5-10-17)14-8-9-15-16(11-14)19-12-18-15/h8-9,11,13,17H,2-7,10,12H2,1H3/t13-/m0/s1. The largest absolute Gasteiger partial charge is 0.454 e. The fourth-order valence-corrected chi connectivity index (χ4v) is 2.62. The first-order chi connectivity index (χ1) is 9.35. The lowest BCUT2D eigenvalue weighted by molar-refractivity contribution is 0.174. The van der Waals surface area contributed by atoms with Gasteiger partial charge in [0.25, 0.3) is 0 Å². The van der Waals surface area contributed by atoms with Crippen LogP contribution >= 0.6 is 0 Å². The molecule has 0 saturated carbocycles. The molecule has 0 unspecified atom stereocenters. The summed E-state index contributed by atoms with van der Waals surface area (Å²) < 4.78 is 10.8. The zero-order chi connectivity index (χ0) is 13.5. The van der Waals surface area contributed by atoms with Crippen molar-refractivity contribution in [1.82, 2.24) is 0 Å². The van der Waals surface area contributed by atoms with Crippen molar-refractivity contribution in [2.45, 2.75) is 51.4 Å². The molecule has 3 nitrogen and oxygen atoms in total. The van der Waals surface area contributed by atoms with Crippen LogP contribution in [0.25, 0.3) is 0 Å². The molecule has 1 aliphatic rings. The predicted octanol–water partition coefficient (Wildman–Crippen LogP) is 3.85. The first-order valence-corrected chi connectivity index (χ1v) is 7.35. The van der Waals surface area contributed by atoms with E-state index < -0.39 is 0 Å². The molecule has 0 fully saturated rings. The van der Waals surface area contributed by atoms with Crippen LogP contribution in [0.5, 0.6) is 11.5 Å². The second-order valence-electron chi connectivity index (χ2n) is 5.17. The normalized spacial score (nSPS) is 14.6. The van der Waals surface area contributed by atoms with Crippen molar-refractivity contribution >= 4 is 0 Å². The highest BCUT2D eigenvalue weighted by atomic mass is 16.7. The zero-order valence-corrected chi connectivity index (χ0v) is 11.7. The van der Waals surface area contributed by atoms with E-state index in [9.17, 15) is 0 Å². The zero-order valence-electron chi connectivity index (χ0n) is 11.7. The van der Waals surface area contributed by atoms with Gasteiger partial charge >= 0.3 is 0 Å². The SMILES string of the molecule is CCCCC[C@@H](CCCO)c1ccc2c(c1)OCO2. The van der Waals surface area contributed by atoms with Crippen molar-refractivity contribution in [3.05, 3.63) is 23.8 Å². The van der Waals surface area contributed by atoms with Gasteiger partial charge in [0, 0.05) is 6.61 Å². The summed E-state index contributed by atoms with van der Waals surface area (Å²) in [6.45, 7) is 2.83. The molecule has 0 spiro atoms. The van der Waals surface area contributed by atoms with Crippen LogP contribution in [0.3, 0.4) is 0 Å².